The number of nitrogens with one attached hydrogen (secondary N) is 2. The van der Waals surface area contributed by atoms with Gasteiger partial charge in [-0.3, -0.25) is 4.79 Å². The Morgan fingerprint density at radius 3 is 2.34 bits per heavy atom. The SMILES string of the molecule is O=C(CCc1ccc(S(=O)(=O)NC2CCCCC2)cc1)Nc1ccc(F)cc1F. The fraction of sp³-hybridized carbons (Fsp3) is 0.381. The summed E-state index contributed by atoms with van der Waals surface area (Å²) in [5, 5.41) is 2.40. The lowest BCUT2D eigenvalue weighted by Gasteiger charge is -2.22. The molecule has 0 unspecified atom stereocenters. The first-order valence-electron chi connectivity index (χ1n) is 9.70. The molecule has 5 nitrogen and oxygen atoms in total. The first-order valence-corrected chi connectivity index (χ1v) is 11.2. The zero-order chi connectivity index (χ0) is 20.9. The Morgan fingerprint density at radius 2 is 1.69 bits per heavy atom. The van der Waals surface area contributed by atoms with E-state index in [1.807, 2.05) is 0 Å². The lowest BCUT2D eigenvalue weighted by molar-refractivity contribution is -0.116. The second kappa shape index (κ2) is 9.45. The van der Waals surface area contributed by atoms with Gasteiger partial charge in [0, 0.05) is 18.5 Å². The molecule has 156 valence electrons. The molecule has 1 aliphatic rings. The minimum atomic E-state index is -3.56. The highest BCUT2D eigenvalue weighted by molar-refractivity contribution is 7.89. The van der Waals surface area contributed by atoms with Gasteiger partial charge in [-0.1, -0.05) is 31.4 Å². The molecule has 1 fully saturated rings. The van der Waals surface area contributed by atoms with E-state index in [1.165, 1.54) is 18.2 Å². The predicted octanol–water partition coefficient (Wildman–Crippen LogP) is 4.15. The highest BCUT2D eigenvalue weighted by atomic mass is 32.2. The van der Waals surface area contributed by atoms with E-state index in [0.717, 1.165) is 43.7 Å². The molecule has 3 rings (SSSR count). The number of aryl methyl sites for hydroxylation is 1. The lowest BCUT2D eigenvalue weighted by Crippen LogP contribution is -2.36. The van der Waals surface area contributed by atoms with Crippen LogP contribution in [0.2, 0.25) is 0 Å². The molecule has 1 amide bonds. The van der Waals surface area contributed by atoms with Crippen LogP contribution in [0.3, 0.4) is 0 Å². The first kappa shape index (κ1) is 21.4. The van der Waals surface area contributed by atoms with Crippen LogP contribution in [0, 0.1) is 11.6 Å². The van der Waals surface area contributed by atoms with Crippen molar-refractivity contribution in [3.05, 3.63) is 59.7 Å². The van der Waals surface area contributed by atoms with Crippen LogP contribution < -0.4 is 10.0 Å². The fourth-order valence-corrected chi connectivity index (χ4v) is 4.71. The number of halogens is 2. The minimum Gasteiger partial charge on any atom is -0.324 e. The van der Waals surface area contributed by atoms with Crippen molar-refractivity contribution in [3.63, 3.8) is 0 Å². The molecule has 0 aromatic heterocycles. The van der Waals surface area contributed by atoms with Gasteiger partial charge in [-0.15, -0.1) is 0 Å². The molecule has 1 saturated carbocycles. The normalized spacial score (nSPS) is 15.2. The van der Waals surface area contributed by atoms with E-state index in [9.17, 15) is 22.0 Å². The van der Waals surface area contributed by atoms with Crippen LogP contribution in [0.1, 0.15) is 44.1 Å². The Kier molecular flexibility index (Phi) is 6.97. The number of carbonyl (C=O) groups is 1. The number of carbonyl (C=O) groups excluding carboxylic acids is 1. The monoisotopic (exact) mass is 422 g/mol. The van der Waals surface area contributed by atoms with Crippen molar-refractivity contribution >= 4 is 21.6 Å². The van der Waals surface area contributed by atoms with Gasteiger partial charge in [0.05, 0.1) is 10.6 Å². The van der Waals surface area contributed by atoms with Gasteiger partial charge in [0.15, 0.2) is 0 Å². The van der Waals surface area contributed by atoms with Gasteiger partial charge in [-0.05, 0) is 49.1 Å². The minimum absolute atomic E-state index is 0.0102. The third-order valence-corrected chi connectivity index (χ3v) is 6.54. The summed E-state index contributed by atoms with van der Waals surface area (Å²) in [6.45, 7) is 0. The van der Waals surface area contributed by atoms with Crippen LogP contribution >= 0.6 is 0 Å². The zero-order valence-corrected chi connectivity index (χ0v) is 16.8. The Hall–Kier alpha value is -2.32. The maximum atomic E-state index is 13.6. The summed E-state index contributed by atoms with van der Waals surface area (Å²) in [5.41, 5.74) is 0.711. The molecule has 29 heavy (non-hydrogen) atoms. The van der Waals surface area contributed by atoms with Crippen molar-refractivity contribution in [1.29, 1.82) is 0 Å². The van der Waals surface area contributed by atoms with E-state index >= 15 is 0 Å². The van der Waals surface area contributed by atoms with Gasteiger partial charge < -0.3 is 5.32 Å². The third-order valence-electron chi connectivity index (χ3n) is 5.01. The van der Waals surface area contributed by atoms with Crippen molar-refractivity contribution in [2.75, 3.05) is 5.32 Å². The number of sulfonamides is 1. The Labute approximate surface area is 169 Å². The number of hydrogen-bond acceptors (Lipinski definition) is 3. The smallest absolute Gasteiger partial charge is 0.240 e. The summed E-state index contributed by atoms with van der Waals surface area (Å²) in [6.07, 6.45) is 5.40. The summed E-state index contributed by atoms with van der Waals surface area (Å²) >= 11 is 0. The van der Waals surface area contributed by atoms with Gasteiger partial charge in [0.25, 0.3) is 0 Å². The Bertz CT molecular complexity index is 956. The largest absolute Gasteiger partial charge is 0.324 e. The van der Waals surface area contributed by atoms with Crippen molar-refractivity contribution in [2.45, 2.75) is 55.9 Å². The lowest BCUT2D eigenvalue weighted by atomic mass is 9.96. The molecule has 2 aromatic rings. The Morgan fingerprint density at radius 1 is 1.00 bits per heavy atom. The number of anilines is 1. The molecule has 0 saturated heterocycles. The van der Waals surface area contributed by atoms with Crippen molar-refractivity contribution in [2.24, 2.45) is 0 Å². The molecular weight excluding hydrogens is 398 g/mol. The zero-order valence-electron chi connectivity index (χ0n) is 16.0. The molecule has 1 aliphatic carbocycles. The molecule has 2 aromatic carbocycles. The van der Waals surface area contributed by atoms with Gasteiger partial charge in [-0.2, -0.15) is 0 Å². The summed E-state index contributed by atoms with van der Waals surface area (Å²) in [4.78, 5) is 12.2. The number of rotatable bonds is 7. The van der Waals surface area contributed by atoms with E-state index < -0.39 is 27.6 Å². The summed E-state index contributed by atoms with van der Waals surface area (Å²) < 4.78 is 54.2. The van der Waals surface area contributed by atoms with Crippen LogP contribution in [-0.2, 0) is 21.2 Å². The van der Waals surface area contributed by atoms with Crippen LogP contribution in [0.15, 0.2) is 47.4 Å². The molecule has 0 atom stereocenters. The molecular formula is C21H24F2N2O3S. The van der Waals surface area contributed by atoms with Crippen molar-refractivity contribution in [1.82, 2.24) is 4.72 Å². The summed E-state index contributed by atoms with van der Waals surface area (Å²) in [5.74, 6) is -1.96. The second-order valence-corrected chi connectivity index (χ2v) is 8.99. The number of benzene rings is 2. The van der Waals surface area contributed by atoms with Crippen LogP contribution in [0.4, 0.5) is 14.5 Å². The predicted molar refractivity (Wildman–Crippen MR) is 107 cm³/mol. The van der Waals surface area contributed by atoms with Gasteiger partial charge >= 0.3 is 0 Å². The summed E-state index contributed by atoms with van der Waals surface area (Å²) in [6, 6.07) is 9.32. The summed E-state index contributed by atoms with van der Waals surface area (Å²) in [7, 11) is -3.56. The molecule has 0 radical (unpaired) electrons. The second-order valence-electron chi connectivity index (χ2n) is 7.27. The molecule has 0 bridgehead atoms. The van der Waals surface area contributed by atoms with Gasteiger partial charge in [0.2, 0.25) is 15.9 Å². The van der Waals surface area contributed by atoms with Crippen molar-refractivity contribution < 1.29 is 22.0 Å². The molecule has 2 N–H and O–H groups in total. The Balaban J connectivity index is 1.53. The fourth-order valence-electron chi connectivity index (χ4n) is 3.40. The quantitative estimate of drug-likeness (QED) is 0.704. The van der Waals surface area contributed by atoms with E-state index in [4.69, 9.17) is 0 Å². The van der Waals surface area contributed by atoms with Crippen molar-refractivity contribution in [3.8, 4) is 0 Å². The van der Waals surface area contributed by atoms with Gasteiger partial charge in [0.1, 0.15) is 11.6 Å². The van der Waals surface area contributed by atoms with E-state index in [0.29, 0.717) is 12.5 Å². The number of amides is 1. The van der Waals surface area contributed by atoms with Crippen LogP contribution in [0.5, 0.6) is 0 Å². The van der Waals surface area contributed by atoms with Crippen LogP contribution in [-0.4, -0.2) is 20.4 Å². The molecule has 8 heteroatoms. The molecule has 0 spiro atoms. The number of hydrogen-bond donors (Lipinski definition) is 2. The average Bonchev–Trinajstić information content (AvgIpc) is 2.69. The standard InChI is InChI=1S/C21H24F2N2O3S/c22-16-9-12-20(19(23)14-16)24-21(26)13-8-15-6-10-18(11-7-15)29(27,28)25-17-4-2-1-3-5-17/h6-7,9-12,14,17,25H,1-5,8,13H2,(H,24,26). The third kappa shape index (κ3) is 6.08. The highest BCUT2D eigenvalue weighted by Gasteiger charge is 2.21. The average molecular weight is 422 g/mol. The first-order chi connectivity index (χ1) is 13.8. The van der Waals surface area contributed by atoms with Gasteiger partial charge in [-0.25, -0.2) is 21.9 Å². The molecule has 0 aliphatic heterocycles. The van der Waals surface area contributed by atoms with E-state index in [-0.39, 0.29) is 23.0 Å². The topological polar surface area (TPSA) is 75.3 Å². The molecule has 0 heterocycles. The maximum absolute atomic E-state index is 13.6. The maximum Gasteiger partial charge on any atom is 0.240 e. The van der Waals surface area contributed by atoms with E-state index in [1.54, 1.807) is 12.1 Å². The van der Waals surface area contributed by atoms with Crippen LogP contribution in [0.25, 0.3) is 0 Å². The highest BCUT2D eigenvalue weighted by Crippen LogP contribution is 2.20. The van der Waals surface area contributed by atoms with E-state index in [2.05, 4.69) is 10.0 Å².